The standard InChI is InChI=1S/C23H26F2N6O3/c1-14(26)22(15-3-5-17(24)6-4-15)30-19-13-29-21(34-8-7-33-2)10-20(19)31(25)18-9-16(23(27)32)11-28-12-18/h3-6,9-14,22,30H,7-8,26H2,1-2H3,(H2,27,32)/t14-,22-/m0/s1. The second-order valence-electron chi connectivity index (χ2n) is 7.49. The number of nitrogens with two attached hydrogens (primary N) is 2. The SMILES string of the molecule is COCCOc1cc(N(F)c2cncc(C(N)=O)c2)c(N[C@H](c2ccc(F)cc2)[C@H](C)N)cn1. The Labute approximate surface area is 195 Å². The van der Waals surface area contributed by atoms with E-state index < -0.39 is 18.0 Å². The average molecular weight is 472 g/mol. The molecular formula is C23H26F2N6O3. The topological polar surface area (TPSA) is 129 Å². The van der Waals surface area contributed by atoms with E-state index in [1.54, 1.807) is 19.1 Å². The molecule has 2 aromatic heterocycles. The number of nitrogens with zero attached hydrogens (tertiary/aromatic N) is 3. The molecule has 0 aliphatic carbocycles. The molecule has 1 amide bonds. The minimum atomic E-state index is -0.743. The number of hydrogen-bond acceptors (Lipinski definition) is 8. The lowest BCUT2D eigenvalue weighted by molar-refractivity contribution is 0.1000. The number of ether oxygens (including phenoxy) is 2. The fraction of sp³-hybridized carbons (Fsp3) is 0.261. The number of aromatic nitrogens is 2. The highest BCUT2D eigenvalue weighted by Gasteiger charge is 2.22. The second-order valence-corrected chi connectivity index (χ2v) is 7.49. The summed E-state index contributed by atoms with van der Waals surface area (Å²) in [4.78, 5) is 19.6. The maximum atomic E-state index is 15.7. The van der Waals surface area contributed by atoms with Crippen molar-refractivity contribution in [2.45, 2.75) is 19.0 Å². The first-order chi connectivity index (χ1) is 16.3. The molecule has 2 heterocycles. The van der Waals surface area contributed by atoms with E-state index in [-0.39, 0.29) is 40.9 Å². The van der Waals surface area contributed by atoms with Crippen LogP contribution < -0.4 is 26.6 Å². The Morgan fingerprint density at radius 3 is 2.56 bits per heavy atom. The summed E-state index contributed by atoms with van der Waals surface area (Å²) in [5.41, 5.74) is 12.5. The lowest BCUT2D eigenvalue weighted by atomic mass is 10.0. The first kappa shape index (κ1) is 24.8. The fourth-order valence-electron chi connectivity index (χ4n) is 3.17. The van der Waals surface area contributed by atoms with E-state index in [1.165, 1.54) is 50.0 Å². The lowest BCUT2D eigenvalue weighted by Crippen LogP contribution is -2.31. The number of anilines is 3. The van der Waals surface area contributed by atoms with Gasteiger partial charge in [0.1, 0.15) is 18.1 Å². The van der Waals surface area contributed by atoms with Crippen molar-refractivity contribution in [1.82, 2.24) is 9.97 Å². The molecule has 0 saturated heterocycles. The molecule has 3 rings (SSSR count). The van der Waals surface area contributed by atoms with Gasteiger partial charge < -0.3 is 26.3 Å². The summed E-state index contributed by atoms with van der Waals surface area (Å²) in [5.74, 6) is -0.977. The molecule has 9 nitrogen and oxygen atoms in total. The van der Waals surface area contributed by atoms with Gasteiger partial charge in [-0.05, 0) is 30.7 Å². The highest BCUT2D eigenvalue weighted by Crippen LogP contribution is 2.36. The molecule has 5 N–H and O–H groups in total. The quantitative estimate of drug-likeness (QED) is 0.287. The van der Waals surface area contributed by atoms with Crippen LogP contribution >= 0.6 is 0 Å². The van der Waals surface area contributed by atoms with Crippen molar-refractivity contribution in [3.8, 4) is 5.88 Å². The first-order valence-electron chi connectivity index (χ1n) is 10.4. The molecular weight excluding hydrogens is 446 g/mol. The van der Waals surface area contributed by atoms with Gasteiger partial charge in [-0.15, -0.1) is 0 Å². The predicted molar refractivity (Wildman–Crippen MR) is 124 cm³/mol. The van der Waals surface area contributed by atoms with Crippen molar-refractivity contribution in [3.63, 3.8) is 0 Å². The molecule has 0 aliphatic rings. The maximum Gasteiger partial charge on any atom is 0.250 e. The third-order valence-corrected chi connectivity index (χ3v) is 4.91. The van der Waals surface area contributed by atoms with Crippen LogP contribution in [-0.2, 0) is 4.74 Å². The first-order valence-corrected chi connectivity index (χ1v) is 10.4. The van der Waals surface area contributed by atoms with Gasteiger partial charge in [-0.2, -0.15) is 5.12 Å². The number of methoxy groups -OCH3 is 1. The summed E-state index contributed by atoms with van der Waals surface area (Å²) in [6.07, 6.45) is 3.88. The average Bonchev–Trinajstić information content (AvgIpc) is 2.83. The van der Waals surface area contributed by atoms with Crippen LogP contribution in [0.2, 0.25) is 0 Å². The van der Waals surface area contributed by atoms with E-state index in [0.29, 0.717) is 17.3 Å². The van der Waals surface area contributed by atoms with E-state index in [2.05, 4.69) is 15.3 Å². The van der Waals surface area contributed by atoms with E-state index >= 15 is 4.48 Å². The van der Waals surface area contributed by atoms with E-state index in [4.69, 9.17) is 20.9 Å². The van der Waals surface area contributed by atoms with Gasteiger partial charge >= 0.3 is 0 Å². The van der Waals surface area contributed by atoms with Crippen molar-refractivity contribution < 1.29 is 23.1 Å². The number of pyridine rings is 2. The van der Waals surface area contributed by atoms with Gasteiger partial charge in [-0.3, -0.25) is 9.78 Å². The van der Waals surface area contributed by atoms with Gasteiger partial charge in [0.2, 0.25) is 11.8 Å². The highest BCUT2D eigenvalue weighted by molar-refractivity contribution is 5.93. The van der Waals surface area contributed by atoms with Gasteiger partial charge in [0.25, 0.3) is 0 Å². The van der Waals surface area contributed by atoms with Gasteiger partial charge in [0.05, 0.1) is 42.0 Å². The van der Waals surface area contributed by atoms with Crippen molar-refractivity contribution in [3.05, 3.63) is 71.9 Å². The summed E-state index contributed by atoms with van der Waals surface area (Å²) in [5, 5.41) is 3.51. The van der Waals surface area contributed by atoms with Crippen LogP contribution in [0.5, 0.6) is 5.88 Å². The Morgan fingerprint density at radius 1 is 1.18 bits per heavy atom. The third kappa shape index (κ3) is 6.15. The van der Waals surface area contributed by atoms with Crippen LogP contribution in [0.3, 0.4) is 0 Å². The molecule has 11 heteroatoms. The number of benzene rings is 1. The Kier molecular flexibility index (Phi) is 8.28. The zero-order valence-electron chi connectivity index (χ0n) is 18.7. The monoisotopic (exact) mass is 472 g/mol. The van der Waals surface area contributed by atoms with E-state index in [0.717, 1.165) is 0 Å². The molecule has 0 aliphatic heterocycles. The minimum absolute atomic E-state index is 0.0265. The van der Waals surface area contributed by atoms with Gasteiger partial charge in [0, 0.05) is 25.4 Å². The largest absolute Gasteiger partial charge is 0.475 e. The number of carbonyl (C=O) groups is 1. The van der Waals surface area contributed by atoms with Crippen molar-refractivity contribution in [2.75, 3.05) is 30.8 Å². The second kappa shape index (κ2) is 11.3. The van der Waals surface area contributed by atoms with Gasteiger partial charge in [-0.1, -0.05) is 16.6 Å². The highest BCUT2D eigenvalue weighted by atomic mass is 19.2. The van der Waals surface area contributed by atoms with Crippen molar-refractivity contribution in [2.24, 2.45) is 11.5 Å². The van der Waals surface area contributed by atoms with Crippen LogP contribution in [0, 0.1) is 5.82 Å². The Morgan fingerprint density at radius 2 is 1.91 bits per heavy atom. The molecule has 0 fully saturated rings. The van der Waals surface area contributed by atoms with Crippen molar-refractivity contribution in [1.29, 1.82) is 0 Å². The maximum absolute atomic E-state index is 15.7. The molecule has 1 aromatic carbocycles. The molecule has 0 unspecified atom stereocenters. The van der Waals surface area contributed by atoms with Gasteiger partial charge in [0.15, 0.2) is 0 Å². The normalized spacial score (nSPS) is 12.6. The zero-order chi connectivity index (χ0) is 24.7. The Bertz CT molecular complexity index is 1110. The molecule has 0 bridgehead atoms. The number of rotatable bonds is 11. The molecule has 2 atom stereocenters. The molecule has 3 aromatic rings. The van der Waals surface area contributed by atoms with Gasteiger partial charge in [-0.25, -0.2) is 9.37 Å². The van der Waals surface area contributed by atoms with E-state index in [1.807, 2.05) is 0 Å². The number of primary amides is 1. The number of halogens is 2. The third-order valence-electron chi connectivity index (χ3n) is 4.91. The van der Waals surface area contributed by atoms with Crippen LogP contribution in [-0.4, -0.2) is 42.2 Å². The number of carbonyl (C=O) groups excluding carboxylic acids is 1. The minimum Gasteiger partial charge on any atom is -0.475 e. The van der Waals surface area contributed by atoms with Crippen LogP contribution in [0.25, 0.3) is 0 Å². The van der Waals surface area contributed by atoms with Crippen LogP contribution in [0.1, 0.15) is 28.9 Å². The summed E-state index contributed by atoms with van der Waals surface area (Å²) in [6.45, 7) is 2.29. The zero-order valence-corrected chi connectivity index (χ0v) is 18.7. The summed E-state index contributed by atoms with van der Waals surface area (Å²) >= 11 is 0. The summed E-state index contributed by atoms with van der Waals surface area (Å²) in [7, 11) is 1.53. The molecule has 0 spiro atoms. The lowest BCUT2D eigenvalue weighted by Gasteiger charge is -2.26. The number of amides is 1. The Hall–Kier alpha value is -3.83. The summed E-state index contributed by atoms with van der Waals surface area (Å²) < 4.78 is 39.6. The van der Waals surface area contributed by atoms with Crippen LogP contribution in [0.4, 0.5) is 25.9 Å². The number of nitrogens with one attached hydrogen (secondary N) is 1. The smallest absolute Gasteiger partial charge is 0.250 e. The summed E-state index contributed by atoms with van der Waals surface area (Å²) in [6, 6.07) is 7.57. The Balaban J connectivity index is 2.00. The number of hydrogen-bond donors (Lipinski definition) is 3. The molecule has 180 valence electrons. The predicted octanol–water partition coefficient (Wildman–Crippen LogP) is 3.26. The molecule has 0 saturated carbocycles. The van der Waals surface area contributed by atoms with E-state index in [9.17, 15) is 9.18 Å². The fourth-order valence-corrected chi connectivity index (χ4v) is 3.17. The molecule has 0 radical (unpaired) electrons. The van der Waals surface area contributed by atoms with Crippen LogP contribution in [0.15, 0.2) is 55.0 Å². The van der Waals surface area contributed by atoms with Crippen molar-refractivity contribution >= 4 is 23.0 Å². The molecule has 34 heavy (non-hydrogen) atoms.